The number of benzene rings is 1. The van der Waals surface area contributed by atoms with E-state index in [0.717, 1.165) is 4.90 Å². The standard InChI is InChI=1S/C10H14FNO2S2/c1-7-5-10(9(12)6-8(7)11)15-3-4-16(2,13)14/h5-6H,3-4,12H2,1-2H3. The smallest absolute Gasteiger partial charge is 0.148 e. The molecule has 1 aromatic rings. The first-order valence-electron chi connectivity index (χ1n) is 4.66. The van der Waals surface area contributed by atoms with Crippen LogP contribution in [-0.2, 0) is 9.84 Å². The number of anilines is 1. The molecule has 2 N–H and O–H groups in total. The van der Waals surface area contributed by atoms with Gasteiger partial charge >= 0.3 is 0 Å². The summed E-state index contributed by atoms with van der Waals surface area (Å²) in [4.78, 5) is 0.725. The van der Waals surface area contributed by atoms with E-state index in [2.05, 4.69) is 0 Å². The van der Waals surface area contributed by atoms with E-state index in [9.17, 15) is 12.8 Å². The molecule has 0 fully saturated rings. The number of sulfone groups is 1. The third-order valence-corrected chi connectivity index (χ3v) is 4.28. The topological polar surface area (TPSA) is 60.2 Å². The number of halogens is 1. The maximum absolute atomic E-state index is 13.1. The Kier molecular flexibility index (Phi) is 4.21. The molecule has 0 atom stereocenters. The lowest BCUT2D eigenvalue weighted by Crippen LogP contribution is -2.05. The van der Waals surface area contributed by atoms with Gasteiger partial charge in [-0.1, -0.05) is 0 Å². The predicted molar refractivity (Wildman–Crippen MR) is 66.0 cm³/mol. The van der Waals surface area contributed by atoms with Crippen molar-refractivity contribution >= 4 is 27.3 Å². The number of nitrogens with two attached hydrogens (primary N) is 1. The zero-order valence-electron chi connectivity index (χ0n) is 9.16. The van der Waals surface area contributed by atoms with E-state index in [0.29, 0.717) is 17.0 Å². The Hall–Kier alpha value is -0.750. The number of aryl methyl sites for hydroxylation is 1. The average molecular weight is 263 g/mol. The van der Waals surface area contributed by atoms with Crippen LogP contribution in [0.15, 0.2) is 17.0 Å². The van der Waals surface area contributed by atoms with Crippen LogP contribution in [0.25, 0.3) is 0 Å². The second-order valence-electron chi connectivity index (χ2n) is 3.62. The van der Waals surface area contributed by atoms with E-state index in [-0.39, 0.29) is 11.6 Å². The van der Waals surface area contributed by atoms with Crippen molar-refractivity contribution in [3.05, 3.63) is 23.5 Å². The fourth-order valence-corrected chi connectivity index (χ4v) is 3.35. The van der Waals surface area contributed by atoms with E-state index < -0.39 is 9.84 Å². The summed E-state index contributed by atoms with van der Waals surface area (Å²) in [6, 6.07) is 2.90. The Morgan fingerprint density at radius 1 is 1.44 bits per heavy atom. The normalized spacial score (nSPS) is 11.7. The first kappa shape index (κ1) is 13.3. The van der Waals surface area contributed by atoms with Crippen LogP contribution in [-0.4, -0.2) is 26.2 Å². The van der Waals surface area contributed by atoms with E-state index in [1.165, 1.54) is 24.1 Å². The van der Waals surface area contributed by atoms with Crippen LogP contribution in [0.4, 0.5) is 10.1 Å². The molecule has 0 heterocycles. The van der Waals surface area contributed by atoms with Gasteiger partial charge in [0.15, 0.2) is 0 Å². The molecule has 0 spiro atoms. The fourth-order valence-electron chi connectivity index (χ4n) is 1.10. The SMILES string of the molecule is Cc1cc(SCCS(C)(=O)=O)c(N)cc1F. The molecule has 90 valence electrons. The molecule has 0 amide bonds. The highest BCUT2D eigenvalue weighted by molar-refractivity contribution is 8.00. The van der Waals surface area contributed by atoms with Gasteiger partial charge in [-0.2, -0.15) is 0 Å². The van der Waals surface area contributed by atoms with Crippen molar-refractivity contribution in [2.75, 3.05) is 23.5 Å². The minimum absolute atomic E-state index is 0.0908. The maximum Gasteiger partial charge on any atom is 0.148 e. The van der Waals surface area contributed by atoms with Crippen molar-refractivity contribution in [1.29, 1.82) is 0 Å². The molecule has 1 aromatic carbocycles. The van der Waals surface area contributed by atoms with Gasteiger partial charge in [-0.25, -0.2) is 12.8 Å². The summed E-state index contributed by atoms with van der Waals surface area (Å²) in [5.41, 5.74) is 6.49. The zero-order chi connectivity index (χ0) is 12.3. The molecule has 0 aliphatic rings. The van der Waals surface area contributed by atoms with Crippen molar-refractivity contribution in [2.24, 2.45) is 0 Å². The van der Waals surface area contributed by atoms with E-state index >= 15 is 0 Å². The van der Waals surface area contributed by atoms with Crippen LogP contribution >= 0.6 is 11.8 Å². The summed E-state index contributed by atoms with van der Waals surface area (Å²) >= 11 is 1.33. The first-order valence-corrected chi connectivity index (χ1v) is 7.70. The lowest BCUT2D eigenvalue weighted by molar-refractivity contribution is 0.603. The molecule has 0 radical (unpaired) electrons. The lowest BCUT2D eigenvalue weighted by Gasteiger charge is -2.07. The molecule has 0 unspecified atom stereocenters. The second-order valence-corrected chi connectivity index (χ2v) is 7.01. The van der Waals surface area contributed by atoms with Crippen LogP contribution < -0.4 is 5.73 Å². The van der Waals surface area contributed by atoms with Crippen molar-refractivity contribution in [2.45, 2.75) is 11.8 Å². The molecule has 0 aromatic heterocycles. The molecule has 0 bridgehead atoms. The quantitative estimate of drug-likeness (QED) is 0.665. The van der Waals surface area contributed by atoms with Gasteiger partial charge < -0.3 is 5.73 Å². The van der Waals surface area contributed by atoms with Crippen molar-refractivity contribution in [1.82, 2.24) is 0 Å². The Bertz CT molecular complexity index is 486. The van der Waals surface area contributed by atoms with Gasteiger partial charge in [0, 0.05) is 22.6 Å². The second kappa shape index (κ2) is 5.05. The monoisotopic (exact) mass is 263 g/mol. The Labute approximate surface area is 99.1 Å². The number of rotatable bonds is 4. The van der Waals surface area contributed by atoms with Gasteiger partial charge in [-0.05, 0) is 24.6 Å². The summed E-state index contributed by atoms with van der Waals surface area (Å²) in [5, 5.41) is 0. The van der Waals surface area contributed by atoms with Gasteiger partial charge in [-0.3, -0.25) is 0 Å². The van der Waals surface area contributed by atoms with Gasteiger partial charge in [0.1, 0.15) is 15.7 Å². The highest BCUT2D eigenvalue weighted by Crippen LogP contribution is 2.27. The summed E-state index contributed by atoms with van der Waals surface area (Å²) < 4.78 is 34.9. The predicted octanol–water partition coefficient (Wildman–Crippen LogP) is 1.85. The van der Waals surface area contributed by atoms with Gasteiger partial charge in [0.2, 0.25) is 0 Å². The van der Waals surface area contributed by atoms with Crippen molar-refractivity contribution in [3.8, 4) is 0 Å². The first-order chi connectivity index (χ1) is 7.29. The maximum atomic E-state index is 13.1. The Balaban J connectivity index is 2.71. The van der Waals surface area contributed by atoms with Crippen LogP contribution in [0, 0.1) is 12.7 Å². The largest absolute Gasteiger partial charge is 0.398 e. The number of hydrogen-bond acceptors (Lipinski definition) is 4. The fraction of sp³-hybridized carbons (Fsp3) is 0.400. The molecule has 0 aliphatic carbocycles. The minimum Gasteiger partial charge on any atom is -0.398 e. The van der Waals surface area contributed by atoms with Crippen LogP contribution in [0.1, 0.15) is 5.56 Å². The highest BCUT2D eigenvalue weighted by Gasteiger charge is 2.07. The van der Waals surface area contributed by atoms with Crippen LogP contribution in [0.5, 0.6) is 0 Å². The van der Waals surface area contributed by atoms with E-state index in [4.69, 9.17) is 5.73 Å². The molecule has 0 saturated heterocycles. The van der Waals surface area contributed by atoms with Gasteiger partial charge in [-0.15, -0.1) is 11.8 Å². The molecule has 0 aliphatic heterocycles. The summed E-state index contributed by atoms with van der Waals surface area (Å²) in [6.07, 6.45) is 1.19. The number of thioether (sulfide) groups is 1. The van der Waals surface area contributed by atoms with Crippen molar-refractivity contribution in [3.63, 3.8) is 0 Å². The van der Waals surface area contributed by atoms with Gasteiger partial charge in [0.05, 0.1) is 5.75 Å². The zero-order valence-corrected chi connectivity index (χ0v) is 10.8. The molecule has 3 nitrogen and oxygen atoms in total. The molecule has 0 saturated carbocycles. The average Bonchev–Trinajstić information content (AvgIpc) is 2.11. The van der Waals surface area contributed by atoms with Crippen molar-refractivity contribution < 1.29 is 12.8 Å². The molecule has 6 heteroatoms. The molecular weight excluding hydrogens is 249 g/mol. The molecule has 16 heavy (non-hydrogen) atoms. The highest BCUT2D eigenvalue weighted by atomic mass is 32.2. The summed E-state index contributed by atoms with van der Waals surface area (Å²) in [6.45, 7) is 1.65. The molecular formula is C10H14FNO2S2. The number of nitrogen functional groups attached to an aromatic ring is 1. The third-order valence-electron chi connectivity index (χ3n) is 2.00. The summed E-state index contributed by atoms with van der Waals surface area (Å²) in [7, 11) is -2.96. The van der Waals surface area contributed by atoms with E-state index in [1.54, 1.807) is 13.0 Å². The van der Waals surface area contributed by atoms with Crippen LogP contribution in [0.3, 0.4) is 0 Å². The number of hydrogen-bond donors (Lipinski definition) is 1. The van der Waals surface area contributed by atoms with Crippen LogP contribution in [0.2, 0.25) is 0 Å². The molecule has 1 rings (SSSR count). The minimum atomic E-state index is -2.96. The lowest BCUT2D eigenvalue weighted by atomic mass is 10.2. The third kappa shape index (κ3) is 4.02. The summed E-state index contributed by atoms with van der Waals surface area (Å²) in [5.74, 6) is 0.173. The van der Waals surface area contributed by atoms with E-state index in [1.807, 2.05) is 0 Å². The Morgan fingerprint density at radius 3 is 2.62 bits per heavy atom. The Morgan fingerprint density at radius 2 is 2.06 bits per heavy atom. The van der Waals surface area contributed by atoms with Gasteiger partial charge in [0.25, 0.3) is 0 Å².